The van der Waals surface area contributed by atoms with Gasteiger partial charge in [-0.25, -0.2) is 4.79 Å². The average molecular weight is 327 g/mol. The van der Waals surface area contributed by atoms with Crippen molar-refractivity contribution in [2.24, 2.45) is 0 Å². The number of ether oxygens (including phenoxy) is 1. The topological polar surface area (TPSA) is 80.6 Å². The summed E-state index contributed by atoms with van der Waals surface area (Å²) in [6, 6.07) is 10.7. The molecule has 24 heavy (non-hydrogen) atoms. The Bertz CT molecular complexity index is 738. The highest BCUT2D eigenvalue weighted by molar-refractivity contribution is 5.92. The summed E-state index contributed by atoms with van der Waals surface area (Å²) in [6.45, 7) is 0.473. The van der Waals surface area contributed by atoms with Crippen LogP contribution in [0.15, 0.2) is 48.8 Å². The molecule has 1 saturated heterocycles. The van der Waals surface area contributed by atoms with E-state index in [-0.39, 0.29) is 25.0 Å². The van der Waals surface area contributed by atoms with Crippen molar-refractivity contribution in [1.29, 1.82) is 0 Å². The standard InChI is InChI=1S/C17H17N3O4/c21-15-11-20(10-7-18-15)16(22)12-24-17(23)13-3-5-14(6-4-13)19-8-1-2-9-19/h1-6,8-9H,7,10-12H2,(H,18,21). The van der Waals surface area contributed by atoms with Crippen LogP contribution in [0.25, 0.3) is 5.69 Å². The van der Waals surface area contributed by atoms with E-state index in [1.165, 1.54) is 4.90 Å². The SMILES string of the molecule is O=C1CN(C(=O)COC(=O)c2ccc(-n3cccc3)cc2)CCN1. The second-order valence-corrected chi connectivity index (χ2v) is 5.38. The first-order valence-corrected chi connectivity index (χ1v) is 7.58. The molecular weight excluding hydrogens is 310 g/mol. The van der Waals surface area contributed by atoms with E-state index in [1.807, 2.05) is 29.1 Å². The molecule has 124 valence electrons. The van der Waals surface area contributed by atoms with Crippen LogP contribution >= 0.6 is 0 Å². The number of aromatic nitrogens is 1. The summed E-state index contributed by atoms with van der Waals surface area (Å²) in [5.74, 6) is -1.15. The van der Waals surface area contributed by atoms with Gasteiger partial charge in [0.2, 0.25) is 5.91 Å². The highest BCUT2D eigenvalue weighted by Gasteiger charge is 2.22. The first kappa shape index (κ1) is 15.8. The number of amides is 2. The summed E-state index contributed by atoms with van der Waals surface area (Å²) in [5, 5.41) is 2.63. The van der Waals surface area contributed by atoms with E-state index >= 15 is 0 Å². The molecule has 0 atom stereocenters. The molecule has 1 aliphatic rings. The molecule has 0 aliphatic carbocycles. The van der Waals surface area contributed by atoms with Gasteiger partial charge < -0.3 is 19.5 Å². The van der Waals surface area contributed by atoms with Gasteiger partial charge in [-0.3, -0.25) is 9.59 Å². The maximum atomic E-state index is 12.0. The van der Waals surface area contributed by atoms with Gasteiger partial charge >= 0.3 is 5.97 Å². The Morgan fingerprint density at radius 3 is 2.50 bits per heavy atom. The van der Waals surface area contributed by atoms with Gasteiger partial charge in [0.1, 0.15) is 0 Å². The zero-order valence-electron chi connectivity index (χ0n) is 13.0. The first-order chi connectivity index (χ1) is 11.6. The van der Waals surface area contributed by atoms with Crippen LogP contribution in [0.3, 0.4) is 0 Å². The predicted molar refractivity (Wildman–Crippen MR) is 85.6 cm³/mol. The number of rotatable bonds is 4. The summed E-state index contributed by atoms with van der Waals surface area (Å²) in [6.07, 6.45) is 3.81. The molecule has 0 unspecified atom stereocenters. The van der Waals surface area contributed by atoms with E-state index in [4.69, 9.17) is 4.74 Å². The molecule has 1 aromatic heterocycles. The van der Waals surface area contributed by atoms with Crippen LogP contribution in [0.2, 0.25) is 0 Å². The van der Waals surface area contributed by atoms with Crippen molar-refractivity contribution >= 4 is 17.8 Å². The van der Waals surface area contributed by atoms with Crippen molar-refractivity contribution in [2.45, 2.75) is 0 Å². The predicted octanol–water partition coefficient (Wildman–Crippen LogP) is 0.592. The molecule has 7 heteroatoms. The van der Waals surface area contributed by atoms with Gasteiger partial charge in [-0.15, -0.1) is 0 Å². The molecule has 0 saturated carbocycles. The third-order valence-electron chi connectivity index (χ3n) is 3.72. The molecule has 2 amide bonds. The molecule has 2 aromatic rings. The fourth-order valence-electron chi connectivity index (χ4n) is 2.43. The summed E-state index contributed by atoms with van der Waals surface area (Å²) < 4.78 is 6.96. The highest BCUT2D eigenvalue weighted by Crippen LogP contribution is 2.11. The van der Waals surface area contributed by atoms with Crippen LogP contribution in [-0.4, -0.2) is 53.5 Å². The molecule has 1 aliphatic heterocycles. The Labute approximate surface area is 138 Å². The van der Waals surface area contributed by atoms with Crippen molar-refractivity contribution in [1.82, 2.24) is 14.8 Å². The Morgan fingerprint density at radius 2 is 1.83 bits per heavy atom. The summed E-state index contributed by atoms with van der Waals surface area (Å²) in [4.78, 5) is 36.6. The largest absolute Gasteiger partial charge is 0.452 e. The third-order valence-corrected chi connectivity index (χ3v) is 3.72. The fourth-order valence-corrected chi connectivity index (χ4v) is 2.43. The second-order valence-electron chi connectivity index (χ2n) is 5.38. The first-order valence-electron chi connectivity index (χ1n) is 7.58. The van der Waals surface area contributed by atoms with Gasteiger partial charge in [-0.2, -0.15) is 0 Å². The minimum absolute atomic E-state index is 0.00194. The molecule has 1 N–H and O–H groups in total. The zero-order valence-corrected chi connectivity index (χ0v) is 13.0. The number of carbonyl (C=O) groups excluding carboxylic acids is 3. The monoisotopic (exact) mass is 327 g/mol. The molecule has 0 radical (unpaired) electrons. The number of piperazine rings is 1. The highest BCUT2D eigenvalue weighted by atomic mass is 16.5. The van der Waals surface area contributed by atoms with Crippen molar-refractivity contribution in [3.8, 4) is 5.69 Å². The minimum Gasteiger partial charge on any atom is -0.452 e. The summed E-state index contributed by atoms with van der Waals surface area (Å²) in [7, 11) is 0. The lowest BCUT2D eigenvalue weighted by molar-refractivity contribution is -0.140. The van der Waals surface area contributed by atoms with Gasteiger partial charge in [0.15, 0.2) is 6.61 Å². The van der Waals surface area contributed by atoms with Crippen LogP contribution in [0.5, 0.6) is 0 Å². The molecule has 1 aromatic carbocycles. The maximum Gasteiger partial charge on any atom is 0.338 e. The van der Waals surface area contributed by atoms with Gasteiger partial charge in [0.05, 0.1) is 12.1 Å². The Hall–Kier alpha value is -3.09. The molecule has 1 fully saturated rings. The lowest BCUT2D eigenvalue weighted by Gasteiger charge is -2.26. The van der Waals surface area contributed by atoms with Crippen LogP contribution in [0.4, 0.5) is 0 Å². The van der Waals surface area contributed by atoms with Crippen LogP contribution in [0.1, 0.15) is 10.4 Å². The number of nitrogens with one attached hydrogen (secondary N) is 1. The number of hydrogen-bond acceptors (Lipinski definition) is 4. The molecular formula is C17H17N3O4. The second kappa shape index (κ2) is 6.99. The van der Waals surface area contributed by atoms with Crippen molar-refractivity contribution in [2.75, 3.05) is 26.2 Å². The van der Waals surface area contributed by atoms with E-state index in [2.05, 4.69) is 5.32 Å². The van der Waals surface area contributed by atoms with Crippen LogP contribution in [0, 0.1) is 0 Å². The van der Waals surface area contributed by atoms with E-state index < -0.39 is 5.97 Å². The number of benzene rings is 1. The number of esters is 1. The zero-order chi connectivity index (χ0) is 16.9. The Balaban J connectivity index is 1.55. The molecule has 7 nitrogen and oxygen atoms in total. The molecule has 0 spiro atoms. The van der Waals surface area contributed by atoms with E-state index in [9.17, 15) is 14.4 Å². The van der Waals surface area contributed by atoms with E-state index in [1.54, 1.807) is 24.3 Å². The van der Waals surface area contributed by atoms with Gasteiger partial charge in [-0.1, -0.05) is 0 Å². The minimum atomic E-state index is -0.566. The third kappa shape index (κ3) is 3.62. The lowest BCUT2D eigenvalue weighted by atomic mass is 10.2. The number of carbonyl (C=O) groups is 3. The Kier molecular flexibility index (Phi) is 4.60. The average Bonchev–Trinajstić information content (AvgIpc) is 3.14. The van der Waals surface area contributed by atoms with Crippen LogP contribution < -0.4 is 5.32 Å². The van der Waals surface area contributed by atoms with Crippen molar-refractivity contribution in [3.05, 3.63) is 54.4 Å². The van der Waals surface area contributed by atoms with Crippen molar-refractivity contribution in [3.63, 3.8) is 0 Å². The molecule has 2 heterocycles. The smallest absolute Gasteiger partial charge is 0.338 e. The molecule has 3 rings (SSSR count). The normalized spacial score (nSPS) is 14.2. The van der Waals surface area contributed by atoms with E-state index in [0.29, 0.717) is 18.7 Å². The number of nitrogens with zero attached hydrogens (tertiary/aromatic N) is 2. The van der Waals surface area contributed by atoms with E-state index in [0.717, 1.165) is 5.69 Å². The van der Waals surface area contributed by atoms with Gasteiger partial charge in [0, 0.05) is 31.2 Å². The van der Waals surface area contributed by atoms with Gasteiger partial charge in [-0.05, 0) is 36.4 Å². The number of hydrogen-bond donors (Lipinski definition) is 1. The fraction of sp³-hybridized carbons (Fsp3) is 0.235. The quantitative estimate of drug-likeness (QED) is 0.834. The van der Waals surface area contributed by atoms with Crippen LogP contribution in [-0.2, 0) is 14.3 Å². The lowest BCUT2D eigenvalue weighted by Crippen LogP contribution is -2.51. The van der Waals surface area contributed by atoms with Gasteiger partial charge in [0.25, 0.3) is 5.91 Å². The summed E-state index contributed by atoms with van der Waals surface area (Å²) in [5.41, 5.74) is 1.29. The molecule has 0 bridgehead atoms. The van der Waals surface area contributed by atoms with Crippen molar-refractivity contribution < 1.29 is 19.1 Å². The maximum absolute atomic E-state index is 12.0. The Morgan fingerprint density at radius 1 is 1.12 bits per heavy atom. The summed E-state index contributed by atoms with van der Waals surface area (Å²) >= 11 is 0.